The largest absolute Gasteiger partial charge is 0.329 e. The summed E-state index contributed by atoms with van der Waals surface area (Å²) in [5.41, 5.74) is 4.14. The summed E-state index contributed by atoms with van der Waals surface area (Å²) in [4.78, 5) is 11.2. The van der Waals surface area contributed by atoms with Crippen molar-refractivity contribution in [2.45, 2.75) is 13.8 Å². The minimum absolute atomic E-state index is 0.587. The molecule has 0 unspecified atom stereocenters. The molecular weight excluding hydrogens is 364 g/mol. The predicted octanol–water partition coefficient (Wildman–Crippen LogP) is 5.37. The zero-order valence-corrected chi connectivity index (χ0v) is 15.5. The average molecular weight is 383 g/mol. The minimum Gasteiger partial charge on any atom is -0.329 e. The van der Waals surface area contributed by atoms with Crippen LogP contribution in [0, 0.1) is 13.8 Å². The highest BCUT2D eigenvalue weighted by Gasteiger charge is 2.09. The van der Waals surface area contributed by atoms with E-state index in [-0.39, 0.29) is 0 Å². The van der Waals surface area contributed by atoms with Gasteiger partial charge in [0.15, 0.2) is 0 Å². The van der Waals surface area contributed by atoms with Crippen molar-refractivity contribution in [3.8, 4) is 0 Å². The lowest BCUT2D eigenvalue weighted by molar-refractivity contribution is 1.05. The van der Waals surface area contributed by atoms with Gasteiger partial charge in [-0.1, -0.05) is 40.2 Å². The van der Waals surface area contributed by atoms with Gasteiger partial charge >= 0.3 is 0 Å². The van der Waals surface area contributed by atoms with Crippen LogP contribution in [-0.2, 0) is 0 Å². The number of hydrogen-bond donors (Lipinski definition) is 1. The zero-order valence-electron chi connectivity index (χ0n) is 13.9. The maximum atomic E-state index is 4.65. The Hall–Kier alpha value is -2.40. The summed E-state index contributed by atoms with van der Waals surface area (Å²) in [7, 11) is 2.00. The predicted molar refractivity (Wildman–Crippen MR) is 103 cm³/mol. The van der Waals surface area contributed by atoms with Crippen molar-refractivity contribution in [3.05, 3.63) is 70.3 Å². The van der Waals surface area contributed by atoms with Crippen molar-refractivity contribution in [2.24, 2.45) is 0 Å². The number of halogens is 1. The van der Waals surface area contributed by atoms with Crippen LogP contribution in [0.4, 0.5) is 23.1 Å². The standard InChI is InChI=1S/C19H19BrN4/c1-13-9-10-15(12-17(13)20)22-19-21-14(2)11-18(23-19)24(3)16-7-5-4-6-8-16/h4-12H,1-3H3,(H,21,22,23). The summed E-state index contributed by atoms with van der Waals surface area (Å²) in [6.45, 7) is 4.03. The van der Waals surface area contributed by atoms with Crippen LogP contribution in [0.5, 0.6) is 0 Å². The Morgan fingerprint density at radius 2 is 1.71 bits per heavy atom. The molecule has 1 N–H and O–H groups in total. The number of aromatic nitrogens is 2. The molecule has 1 heterocycles. The maximum absolute atomic E-state index is 4.65. The Labute approximate surface area is 150 Å². The quantitative estimate of drug-likeness (QED) is 0.658. The van der Waals surface area contributed by atoms with Gasteiger partial charge in [-0.3, -0.25) is 0 Å². The lowest BCUT2D eigenvalue weighted by Gasteiger charge is -2.19. The number of nitrogens with zero attached hydrogens (tertiary/aromatic N) is 3. The molecule has 3 rings (SSSR count). The lowest BCUT2D eigenvalue weighted by atomic mass is 10.2. The molecule has 1 aromatic heterocycles. The number of rotatable bonds is 4. The highest BCUT2D eigenvalue weighted by Crippen LogP contribution is 2.25. The SMILES string of the molecule is Cc1cc(N(C)c2ccccc2)nc(Nc2ccc(C)c(Br)c2)n1. The first-order valence-electron chi connectivity index (χ1n) is 7.70. The highest BCUT2D eigenvalue weighted by molar-refractivity contribution is 9.10. The number of aryl methyl sites for hydroxylation is 2. The molecule has 2 aromatic carbocycles. The molecule has 0 fully saturated rings. The number of hydrogen-bond acceptors (Lipinski definition) is 4. The number of para-hydroxylation sites is 1. The summed E-state index contributed by atoms with van der Waals surface area (Å²) in [6.07, 6.45) is 0. The third-order valence-corrected chi connectivity index (χ3v) is 4.61. The normalized spacial score (nSPS) is 10.5. The van der Waals surface area contributed by atoms with Crippen molar-refractivity contribution in [3.63, 3.8) is 0 Å². The summed E-state index contributed by atoms with van der Waals surface area (Å²) < 4.78 is 1.06. The molecule has 0 amide bonds. The van der Waals surface area contributed by atoms with E-state index in [0.29, 0.717) is 5.95 Å². The van der Waals surface area contributed by atoms with Crippen LogP contribution in [-0.4, -0.2) is 17.0 Å². The molecule has 0 bridgehead atoms. The molecule has 0 aliphatic carbocycles. The van der Waals surface area contributed by atoms with E-state index in [2.05, 4.69) is 56.3 Å². The summed E-state index contributed by atoms with van der Waals surface area (Å²) in [5, 5.41) is 3.28. The van der Waals surface area contributed by atoms with Crippen LogP contribution >= 0.6 is 15.9 Å². The maximum Gasteiger partial charge on any atom is 0.229 e. The summed E-state index contributed by atoms with van der Waals surface area (Å²) in [5.74, 6) is 1.44. The first kappa shape index (κ1) is 16.5. The van der Waals surface area contributed by atoms with Crippen LogP contribution in [0.15, 0.2) is 59.1 Å². The van der Waals surface area contributed by atoms with Gasteiger partial charge in [0.1, 0.15) is 5.82 Å². The van der Waals surface area contributed by atoms with E-state index >= 15 is 0 Å². The van der Waals surface area contributed by atoms with Gasteiger partial charge in [-0.05, 0) is 43.7 Å². The number of nitrogens with one attached hydrogen (secondary N) is 1. The fourth-order valence-electron chi connectivity index (χ4n) is 2.36. The van der Waals surface area contributed by atoms with Gasteiger partial charge in [-0.2, -0.15) is 4.98 Å². The second-order valence-corrected chi connectivity index (χ2v) is 6.53. The highest BCUT2D eigenvalue weighted by atomic mass is 79.9. The third kappa shape index (κ3) is 3.74. The third-order valence-electron chi connectivity index (χ3n) is 3.76. The Morgan fingerprint density at radius 1 is 0.958 bits per heavy atom. The van der Waals surface area contributed by atoms with Crippen LogP contribution in [0.25, 0.3) is 0 Å². The fourth-order valence-corrected chi connectivity index (χ4v) is 2.74. The zero-order chi connectivity index (χ0) is 17.1. The van der Waals surface area contributed by atoms with E-state index in [4.69, 9.17) is 0 Å². The average Bonchev–Trinajstić information content (AvgIpc) is 2.58. The Morgan fingerprint density at radius 3 is 2.42 bits per heavy atom. The summed E-state index contributed by atoms with van der Waals surface area (Å²) >= 11 is 3.55. The van der Waals surface area contributed by atoms with Crippen LogP contribution in [0.2, 0.25) is 0 Å². The topological polar surface area (TPSA) is 41.1 Å². The van der Waals surface area contributed by atoms with Gasteiger partial charge in [0, 0.05) is 34.7 Å². The molecule has 0 saturated carbocycles. The van der Waals surface area contributed by atoms with E-state index in [1.807, 2.05) is 55.3 Å². The number of anilines is 4. The van der Waals surface area contributed by atoms with Crippen molar-refractivity contribution in [2.75, 3.05) is 17.3 Å². The first-order chi connectivity index (χ1) is 11.5. The van der Waals surface area contributed by atoms with Gasteiger partial charge < -0.3 is 10.2 Å². The lowest BCUT2D eigenvalue weighted by Crippen LogP contribution is -2.13. The molecule has 0 aliphatic rings. The molecule has 0 radical (unpaired) electrons. The number of benzene rings is 2. The molecule has 4 nitrogen and oxygen atoms in total. The molecular formula is C19H19BrN4. The molecule has 5 heteroatoms. The van der Waals surface area contributed by atoms with E-state index in [9.17, 15) is 0 Å². The Balaban J connectivity index is 1.90. The summed E-state index contributed by atoms with van der Waals surface area (Å²) in [6, 6.07) is 18.2. The van der Waals surface area contributed by atoms with Crippen LogP contribution in [0.3, 0.4) is 0 Å². The Bertz CT molecular complexity index is 849. The molecule has 122 valence electrons. The minimum atomic E-state index is 0.587. The van der Waals surface area contributed by atoms with Gasteiger partial charge in [-0.15, -0.1) is 0 Å². The van der Waals surface area contributed by atoms with E-state index < -0.39 is 0 Å². The molecule has 0 saturated heterocycles. The Kier molecular flexibility index (Phi) is 4.81. The van der Waals surface area contributed by atoms with Crippen LogP contribution in [0.1, 0.15) is 11.3 Å². The van der Waals surface area contributed by atoms with E-state index in [1.54, 1.807) is 0 Å². The van der Waals surface area contributed by atoms with Crippen molar-refractivity contribution in [1.29, 1.82) is 0 Å². The molecule has 24 heavy (non-hydrogen) atoms. The first-order valence-corrected chi connectivity index (χ1v) is 8.50. The van der Waals surface area contributed by atoms with Gasteiger partial charge in [0.05, 0.1) is 0 Å². The second kappa shape index (κ2) is 7.01. The van der Waals surface area contributed by atoms with E-state index in [0.717, 1.165) is 27.4 Å². The van der Waals surface area contributed by atoms with Crippen LogP contribution < -0.4 is 10.2 Å². The molecule has 0 aliphatic heterocycles. The molecule has 0 spiro atoms. The molecule has 3 aromatic rings. The van der Waals surface area contributed by atoms with E-state index in [1.165, 1.54) is 5.56 Å². The van der Waals surface area contributed by atoms with Gasteiger partial charge in [0.25, 0.3) is 0 Å². The molecule has 0 atom stereocenters. The van der Waals surface area contributed by atoms with Crippen molar-refractivity contribution < 1.29 is 0 Å². The van der Waals surface area contributed by atoms with Crippen molar-refractivity contribution >= 4 is 39.1 Å². The fraction of sp³-hybridized carbons (Fsp3) is 0.158. The van der Waals surface area contributed by atoms with Gasteiger partial charge in [0.2, 0.25) is 5.95 Å². The van der Waals surface area contributed by atoms with Crippen molar-refractivity contribution in [1.82, 2.24) is 9.97 Å². The smallest absolute Gasteiger partial charge is 0.229 e. The van der Waals surface area contributed by atoms with Gasteiger partial charge in [-0.25, -0.2) is 4.98 Å². The monoisotopic (exact) mass is 382 g/mol. The second-order valence-electron chi connectivity index (χ2n) is 5.67.